The number of rotatable bonds is 2. The highest BCUT2D eigenvalue weighted by Gasteiger charge is 2.44. The van der Waals surface area contributed by atoms with Crippen LogP contribution in [0.25, 0.3) is 0 Å². The van der Waals surface area contributed by atoms with Crippen molar-refractivity contribution in [2.75, 3.05) is 0 Å². The van der Waals surface area contributed by atoms with Crippen LogP contribution in [-0.4, -0.2) is 35.8 Å². The summed E-state index contributed by atoms with van der Waals surface area (Å²) in [5, 5.41) is 0.803. The topological polar surface area (TPSA) is 6.48 Å². The molecule has 0 aliphatic carbocycles. The average molecular weight is 338 g/mol. The Morgan fingerprint density at radius 1 is 0.652 bits per heavy atom. The molecule has 0 spiro atoms. The zero-order valence-corrected chi connectivity index (χ0v) is 18.8. The molecule has 0 atom stereocenters. The van der Waals surface area contributed by atoms with E-state index in [2.05, 4.69) is 105 Å². The molecular formula is C20H41N2Si. The fraction of sp³-hybridized carbons (Fsp3) is 0.900. The molecule has 0 unspecified atom stereocenters. The zero-order valence-electron chi connectivity index (χ0n) is 17.8. The third-order valence-electron chi connectivity index (χ3n) is 4.78. The summed E-state index contributed by atoms with van der Waals surface area (Å²) in [5.74, 6) is 0. The monoisotopic (exact) mass is 337 g/mol. The quantitative estimate of drug-likeness (QED) is 0.562. The van der Waals surface area contributed by atoms with Crippen LogP contribution in [0, 0.1) is 0 Å². The maximum atomic E-state index is 2.58. The molecule has 2 nitrogen and oxygen atoms in total. The Morgan fingerprint density at radius 2 is 0.957 bits per heavy atom. The summed E-state index contributed by atoms with van der Waals surface area (Å²) in [6, 6.07) is 1.29. The Bertz CT molecular complexity index is 389. The van der Waals surface area contributed by atoms with Gasteiger partial charge < -0.3 is 9.80 Å². The molecule has 23 heavy (non-hydrogen) atoms. The van der Waals surface area contributed by atoms with Crippen molar-refractivity contribution in [3.05, 3.63) is 12.4 Å². The highest BCUT2D eigenvalue weighted by Crippen LogP contribution is 2.47. The van der Waals surface area contributed by atoms with Crippen molar-refractivity contribution in [3.8, 4) is 0 Å². The van der Waals surface area contributed by atoms with Crippen molar-refractivity contribution >= 4 is 8.80 Å². The third kappa shape index (κ3) is 5.01. The Hall–Kier alpha value is -0.443. The zero-order chi connectivity index (χ0) is 18.4. The normalized spacial score (nSPS) is 18.5. The van der Waals surface area contributed by atoms with Gasteiger partial charge in [0.2, 0.25) is 0 Å². The van der Waals surface area contributed by atoms with Crippen LogP contribution in [0.5, 0.6) is 0 Å². The number of hydrogen-bond acceptors (Lipinski definition) is 2. The van der Waals surface area contributed by atoms with Crippen LogP contribution < -0.4 is 0 Å². The van der Waals surface area contributed by atoms with Crippen LogP contribution >= 0.6 is 0 Å². The van der Waals surface area contributed by atoms with Crippen LogP contribution in [0.1, 0.15) is 83.1 Å². The lowest BCUT2D eigenvalue weighted by Gasteiger charge is -2.49. The molecule has 1 heterocycles. The van der Waals surface area contributed by atoms with Gasteiger partial charge in [0.25, 0.3) is 0 Å². The van der Waals surface area contributed by atoms with Gasteiger partial charge in [0.1, 0.15) is 0 Å². The first-order chi connectivity index (χ1) is 9.95. The van der Waals surface area contributed by atoms with Gasteiger partial charge in [-0.15, -0.1) is 0 Å². The first-order valence-corrected chi connectivity index (χ1v) is 10.8. The second kappa shape index (κ2) is 6.13. The van der Waals surface area contributed by atoms with E-state index in [0.29, 0.717) is 16.2 Å². The van der Waals surface area contributed by atoms with Crippen molar-refractivity contribution in [1.82, 2.24) is 9.80 Å². The first-order valence-electron chi connectivity index (χ1n) is 9.08. The molecule has 0 aromatic carbocycles. The molecule has 1 aliphatic rings. The molecule has 0 amide bonds. The summed E-state index contributed by atoms with van der Waals surface area (Å²) >= 11 is 0. The average Bonchev–Trinajstić information content (AvgIpc) is 2.64. The standard InChI is InChI=1S/C20H41N2Si/c1-17(2,3)21-13-14-22(18(4,5)6)16(21)15-23(19(7,8)9)20(10,11)12/h13-14,16H,15H2,1-12H3. The van der Waals surface area contributed by atoms with Gasteiger partial charge in [-0.2, -0.15) is 0 Å². The first kappa shape index (κ1) is 20.6. The minimum absolute atomic E-state index is 0.157. The van der Waals surface area contributed by atoms with Gasteiger partial charge in [-0.25, -0.2) is 0 Å². The molecule has 0 aromatic rings. The van der Waals surface area contributed by atoms with E-state index in [9.17, 15) is 0 Å². The number of nitrogens with zero attached hydrogens (tertiary/aromatic N) is 2. The third-order valence-corrected chi connectivity index (χ3v) is 9.17. The molecule has 1 radical (unpaired) electrons. The van der Waals surface area contributed by atoms with Gasteiger partial charge >= 0.3 is 0 Å². The van der Waals surface area contributed by atoms with Crippen LogP contribution in [-0.2, 0) is 0 Å². The molecule has 0 saturated heterocycles. The van der Waals surface area contributed by atoms with Crippen LogP contribution in [0.2, 0.25) is 16.1 Å². The van der Waals surface area contributed by atoms with Gasteiger partial charge in [0, 0.05) is 23.5 Å². The van der Waals surface area contributed by atoms with Crippen LogP contribution in [0.4, 0.5) is 0 Å². The van der Waals surface area contributed by atoms with E-state index < -0.39 is 8.80 Å². The largest absolute Gasteiger partial charge is 0.351 e. The summed E-state index contributed by atoms with van der Waals surface area (Å²) in [6.07, 6.45) is 5.11. The van der Waals surface area contributed by atoms with Gasteiger partial charge in [0.15, 0.2) is 0 Å². The van der Waals surface area contributed by atoms with Crippen LogP contribution in [0.3, 0.4) is 0 Å². The molecule has 1 rings (SSSR count). The lowest BCUT2D eigenvalue weighted by molar-refractivity contribution is 0.0429. The lowest BCUT2D eigenvalue weighted by Crippen LogP contribution is -2.55. The molecule has 3 heteroatoms. The van der Waals surface area contributed by atoms with Gasteiger partial charge in [-0.05, 0) is 57.7 Å². The van der Waals surface area contributed by atoms with E-state index >= 15 is 0 Å². The van der Waals surface area contributed by atoms with Crippen molar-refractivity contribution < 1.29 is 0 Å². The van der Waals surface area contributed by atoms with Gasteiger partial charge in [-0.3, -0.25) is 0 Å². The second-order valence-electron chi connectivity index (χ2n) is 11.1. The molecule has 0 saturated carbocycles. The summed E-state index contributed by atoms with van der Waals surface area (Å²) < 4.78 is 0. The van der Waals surface area contributed by atoms with Crippen molar-refractivity contribution in [2.45, 2.75) is 116 Å². The highest BCUT2D eigenvalue weighted by atomic mass is 28.3. The lowest BCUT2D eigenvalue weighted by atomic mass is 10.0. The molecule has 135 valence electrons. The van der Waals surface area contributed by atoms with Crippen molar-refractivity contribution in [3.63, 3.8) is 0 Å². The highest BCUT2D eigenvalue weighted by molar-refractivity contribution is 6.65. The predicted molar refractivity (Wildman–Crippen MR) is 106 cm³/mol. The van der Waals surface area contributed by atoms with E-state index in [4.69, 9.17) is 0 Å². The molecular weight excluding hydrogens is 296 g/mol. The van der Waals surface area contributed by atoms with E-state index in [-0.39, 0.29) is 11.1 Å². The van der Waals surface area contributed by atoms with Gasteiger partial charge in [0.05, 0.1) is 15.0 Å². The maximum absolute atomic E-state index is 2.58. The minimum atomic E-state index is -0.566. The number of hydrogen-bond donors (Lipinski definition) is 0. The fourth-order valence-electron chi connectivity index (χ4n) is 3.93. The maximum Gasteiger partial charge on any atom is 0.0990 e. The van der Waals surface area contributed by atoms with Gasteiger partial charge in [-0.1, -0.05) is 41.5 Å². The summed E-state index contributed by atoms with van der Waals surface area (Å²) in [5.41, 5.74) is 0.313. The molecule has 0 N–H and O–H groups in total. The van der Waals surface area contributed by atoms with E-state index in [1.54, 1.807) is 0 Å². The SMILES string of the molecule is CC(C)(C)N1C=CN(C(C)(C)C)C1C[Si](C(C)(C)C)C(C)(C)C. The van der Waals surface area contributed by atoms with E-state index in [1.807, 2.05) is 0 Å². The van der Waals surface area contributed by atoms with Crippen molar-refractivity contribution in [2.24, 2.45) is 0 Å². The fourth-order valence-corrected chi connectivity index (χ4v) is 8.17. The Balaban J connectivity index is 3.21. The molecule has 1 aliphatic heterocycles. The summed E-state index contributed by atoms with van der Waals surface area (Å²) in [4.78, 5) is 5.17. The molecule has 0 fully saturated rings. The second-order valence-corrected chi connectivity index (χ2v) is 15.5. The predicted octanol–water partition coefficient (Wildman–Crippen LogP) is 6.09. The Labute approximate surface area is 147 Å². The Kier molecular flexibility index (Phi) is 5.49. The smallest absolute Gasteiger partial charge is 0.0990 e. The Morgan fingerprint density at radius 3 is 1.17 bits per heavy atom. The van der Waals surface area contributed by atoms with Crippen molar-refractivity contribution in [1.29, 1.82) is 0 Å². The minimum Gasteiger partial charge on any atom is -0.351 e. The summed E-state index contributed by atoms with van der Waals surface area (Å²) in [6.45, 7) is 28.6. The summed E-state index contributed by atoms with van der Waals surface area (Å²) in [7, 11) is -0.566. The molecule has 0 bridgehead atoms. The van der Waals surface area contributed by atoms with E-state index in [0.717, 1.165) is 0 Å². The van der Waals surface area contributed by atoms with E-state index in [1.165, 1.54) is 6.04 Å². The van der Waals surface area contributed by atoms with Crippen LogP contribution in [0.15, 0.2) is 12.4 Å². The molecule has 0 aromatic heterocycles.